The summed E-state index contributed by atoms with van der Waals surface area (Å²) in [6.07, 6.45) is -1.98. The predicted octanol–water partition coefficient (Wildman–Crippen LogP) is -0.524. The molecule has 1 aromatic carbocycles. The minimum absolute atomic E-state index is 0.0633. The second-order valence-electron chi connectivity index (χ2n) is 4.95. The number of carbonyl (C=O) groups is 1. The van der Waals surface area contributed by atoms with Gasteiger partial charge in [0, 0.05) is 6.54 Å². The first-order valence-electron chi connectivity index (χ1n) is 6.54. The highest BCUT2D eigenvalue weighted by atomic mass is 16.5. The number of β-amino-alcohol motifs (C(OH)–C–C–N with tert-alkyl or cyclic N) is 1. The molecule has 0 aliphatic carbocycles. The van der Waals surface area contributed by atoms with Gasteiger partial charge in [0.05, 0.1) is 18.7 Å². The Morgan fingerprint density at radius 3 is 2.70 bits per heavy atom. The smallest absolute Gasteiger partial charge is 0.320 e. The summed E-state index contributed by atoms with van der Waals surface area (Å²) in [7, 11) is 0. The van der Waals surface area contributed by atoms with Gasteiger partial charge in [-0.15, -0.1) is 0 Å². The van der Waals surface area contributed by atoms with Crippen LogP contribution in [0.15, 0.2) is 30.3 Å². The molecule has 1 fully saturated rings. The van der Waals surface area contributed by atoms with Gasteiger partial charge < -0.3 is 20.1 Å². The number of aliphatic hydroxyl groups is 3. The third kappa shape index (κ3) is 4.01. The molecule has 20 heavy (non-hydrogen) atoms. The summed E-state index contributed by atoms with van der Waals surface area (Å²) in [6, 6.07) is 8.68. The minimum Gasteiger partial charge on any atom is -0.460 e. The number of hydrogen-bond acceptors (Lipinski definition) is 6. The fourth-order valence-corrected chi connectivity index (χ4v) is 2.35. The number of aliphatic hydroxyl groups excluding tert-OH is 2. The molecule has 1 heterocycles. The van der Waals surface area contributed by atoms with Gasteiger partial charge in [0.1, 0.15) is 6.61 Å². The van der Waals surface area contributed by atoms with Crippen molar-refractivity contribution >= 4 is 5.97 Å². The van der Waals surface area contributed by atoms with Crippen molar-refractivity contribution in [3.05, 3.63) is 35.9 Å². The Morgan fingerprint density at radius 1 is 1.35 bits per heavy atom. The Morgan fingerprint density at radius 2 is 2.05 bits per heavy atom. The molecule has 0 unspecified atom stereocenters. The number of likely N-dealkylation sites (tertiary alicyclic amines) is 1. The van der Waals surface area contributed by atoms with Crippen LogP contribution in [0.4, 0.5) is 0 Å². The topological polar surface area (TPSA) is 90.2 Å². The lowest BCUT2D eigenvalue weighted by Crippen LogP contribution is -2.42. The van der Waals surface area contributed by atoms with Gasteiger partial charge in [0.2, 0.25) is 0 Å². The summed E-state index contributed by atoms with van der Waals surface area (Å²) < 4.78 is 5.13. The predicted molar refractivity (Wildman–Crippen MR) is 70.4 cm³/mol. The Balaban J connectivity index is 1.82. The lowest BCUT2D eigenvalue weighted by molar-refractivity contribution is -0.149. The molecular weight excluding hydrogens is 262 g/mol. The van der Waals surface area contributed by atoms with Gasteiger partial charge in [0.15, 0.2) is 6.29 Å². The van der Waals surface area contributed by atoms with E-state index in [1.54, 1.807) is 0 Å². The van der Waals surface area contributed by atoms with Gasteiger partial charge in [-0.3, -0.25) is 9.69 Å². The number of carbonyl (C=O) groups excluding carboxylic acids is 1. The van der Waals surface area contributed by atoms with E-state index in [9.17, 15) is 20.1 Å². The van der Waals surface area contributed by atoms with Gasteiger partial charge in [-0.2, -0.15) is 0 Å². The lowest BCUT2D eigenvalue weighted by Gasteiger charge is -2.24. The first-order chi connectivity index (χ1) is 9.56. The summed E-state index contributed by atoms with van der Waals surface area (Å²) in [5.74, 6) is -0.450. The fourth-order valence-electron chi connectivity index (χ4n) is 2.35. The third-order valence-electron chi connectivity index (χ3n) is 3.35. The zero-order chi connectivity index (χ0) is 14.5. The lowest BCUT2D eigenvalue weighted by atomic mass is 10.2. The minimum atomic E-state index is -1.57. The van der Waals surface area contributed by atoms with Crippen molar-refractivity contribution in [2.24, 2.45) is 0 Å². The van der Waals surface area contributed by atoms with Crippen molar-refractivity contribution in [3.63, 3.8) is 0 Å². The summed E-state index contributed by atoms with van der Waals surface area (Å²) in [4.78, 5) is 13.3. The van der Waals surface area contributed by atoms with Crippen molar-refractivity contribution in [2.45, 2.75) is 31.5 Å². The van der Waals surface area contributed by atoms with Gasteiger partial charge in [-0.25, -0.2) is 0 Å². The van der Waals surface area contributed by atoms with E-state index in [-0.39, 0.29) is 26.1 Å². The average molecular weight is 281 g/mol. The molecular formula is C14H19NO5. The highest BCUT2D eigenvalue weighted by molar-refractivity contribution is 5.71. The van der Waals surface area contributed by atoms with E-state index in [4.69, 9.17) is 4.74 Å². The van der Waals surface area contributed by atoms with Gasteiger partial charge in [-0.1, -0.05) is 30.3 Å². The first kappa shape index (κ1) is 14.9. The number of hydrogen-bond donors (Lipinski definition) is 3. The molecule has 110 valence electrons. The summed E-state index contributed by atoms with van der Waals surface area (Å²) in [6.45, 7) is 0.358. The Hall–Kier alpha value is -1.47. The van der Waals surface area contributed by atoms with Crippen LogP contribution in [0, 0.1) is 0 Å². The molecule has 1 aliphatic rings. The molecule has 0 bridgehead atoms. The fraction of sp³-hybridized carbons (Fsp3) is 0.500. The largest absolute Gasteiger partial charge is 0.460 e. The molecule has 6 nitrogen and oxygen atoms in total. The van der Waals surface area contributed by atoms with Crippen LogP contribution in [0.25, 0.3) is 0 Å². The maximum Gasteiger partial charge on any atom is 0.320 e. The maximum atomic E-state index is 11.7. The molecule has 1 saturated heterocycles. The zero-order valence-corrected chi connectivity index (χ0v) is 11.1. The van der Waals surface area contributed by atoms with E-state index in [1.807, 2.05) is 30.3 Å². The molecule has 1 aromatic rings. The number of rotatable bonds is 5. The van der Waals surface area contributed by atoms with Gasteiger partial charge in [-0.05, 0) is 12.0 Å². The van der Waals surface area contributed by atoms with Crippen LogP contribution in [0.1, 0.15) is 12.0 Å². The Kier molecular flexibility index (Phi) is 5.08. The molecule has 0 aromatic heterocycles. The van der Waals surface area contributed by atoms with Crippen molar-refractivity contribution < 1.29 is 24.9 Å². The first-order valence-corrected chi connectivity index (χ1v) is 6.54. The normalized spacial score (nSPS) is 23.2. The van der Waals surface area contributed by atoms with Crippen molar-refractivity contribution in [1.82, 2.24) is 4.90 Å². The highest BCUT2D eigenvalue weighted by Gasteiger charge is 2.36. The number of nitrogens with zero attached hydrogens (tertiary/aromatic N) is 1. The van der Waals surface area contributed by atoms with E-state index in [0.717, 1.165) is 5.56 Å². The molecule has 2 atom stereocenters. The second kappa shape index (κ2) is 6.81. The Labute approximate surface area is 117 Å². The van der Waals surface area contributed by atoms with Crippen molar-refractivity contribution in [3.8, 4) is 0 Å². The van der Waals surface area contributed by atoms with Crippen LogP contribution in [0.2, 0.25) is 0 Å². The molecule has 1 aliphatic heterocycles. The number of ether oxygens (including phenoxy) is 1. The van der Waals surface area contributed by atoms with Crippen LogP contribution in [0.3, 0.4) is 0 Å². The molecule has 6 heteroatoms. The van der Waals surface area contributed by atoms with Gasteiger partial charge in [0.25, 0.3) is 0 Å². The van der Waals surface area contributed by atoms with Crippen LogP contribution >= 0.6 is 0 Å². The van der Waals surface area contributed by atoms with E-state index < -0.39 is 24.4 Å². The standard InChI is InChI=1S/C14H19NO5/c16-11-6-12(14(18)19)15(7-11)8-13(17)20-9-10-4-2-1-3-5-10/h1-5,11-12,14,16,18-19H,6-9H2/t11-,12-/m0/s1. The van der Waals surface area contributed by atoms with E-state index in [2.05, 4.69) is 0 Å². The molecule has 3 N–H and O–H groups in total. The molecule has 0 amide bonds. The van der Waals surface area contributed by atoms with E-state index in [1.165, 1.54) is 4.90 Å². The van der Waals surface area contributed by atoms with Crippen molar-refractivity contribution in [2.75, 3.05) is 13.1 Å². The maximum absolute atomic E-state index is 11.7. The summed E-state index contributed by atoms with van der Waals surface area (Å²) in [5, 5.41) is 27.9. The Bertz CT molecular complexity index is 436. The van der Waals surface area contributed by atoms with E-state index >= 15 is 0 Å². The number of esters is 1. The van der Waals surface area contributed by atoms with Crippen LogP contribution in [0.5, 0.6) is 0 Å². The number of benzene rings is 1. The van der Waals surface area contributed by atoms with E-state index in [0.29, 0.717) is 0 Å². The summed E-state index contributed by atoms with van der Waals surface area (Å²) in [5.41, 5.74) is 0.890. The quantitative estimate of drug-likeness (QED) is 0.497. The molecule has 0 radical (unpaired) electrons. The molecule has 0 saturated carbocycles. The summed E-state index contributed by atoms with van der Waals surface area (Å²) >= 11 is 0. The second-order valence-corrected chi connectivity index (χ2v) is 4.95. The van der Waals surface area contributed by atoms with Gasteiger partial charge >= 0.3 is 5.97 Å². The third-order valence-corrected chi connectivity index (χ3v) is 3.35. The average Bonchev–Trinajstić information content (AvgIpc) is 2.79. The molecule has 0 spiro atoms. The van der Waals surface area contributed by atoms with Crippen LogP contribution in [-0.4, -0.2) is 57.7 Å². The van der Waals surface area contributed by atoms with Crippen molar-refractivity contribution in [1.29, 1.82) is 0 Å². The SMILES string of the molecule is O=C(CN1C[C@@H](O)C[C@H]1C(O)O)OCc1ccccc1. The monoisotopic (exact) mass is 281 g/mol. The van der Waals surface area contributed by atoms with Crippen LogP contribution in [-0.2, 0) is 16.1 Å². The molecule has 2 rings (SSSR count). The highest BCUT2D eigenvalue weighted by Crippen LogP contribution is 2.19. The zero-order valence-electron chi connectivity index (χ0n) is 11.1. The van der Waals surface area contributed by atoms with Crippen LogP contribution < -0.4 is 0 Å².